The fraction of sp³-hybridized carbons (Fsp3) is 0.389. The van der Waals surface area contributed by atoms with Crippen LogP contribution in [0.25, 0.3) is 5.57 Å². The first-order chi connectivity index (χ1) is 11.6. The Balaban J connectivity index is 2.28. The molecule has 0 fully saturated rings. The number of benzene rings is 1. The molecule has 1 amide bonds. The lowest BCUT2D eigenvalue weighted by atomic mass is 9.92. The van der Waals surface area contributed by atoms with E-state index >= 15 is 0 Å². The monoisotopic (exact) mass is 347 g/mol. The lowest BCUT2D eigenvalue weighted by Gasteiger charge is -2.30. The fourth-order valence-corrected chi connectivity index (χ4v) is 2.63. The summed E-state index contributed by atoms with van der Waals surface area (Å²) >= 11 is 0. The van der Waals surface area contributed by atoms with Gasteiger partial charge in [-0.1, -0.05) is 18.2 Å². The summed E-state index contributed by atoms with van der Waals surface area (Å²) in [6.07, 6.45) is 1.73. The van der Waals surface area contributed by atoms with Gasteiger partial charge in [0, 0.05) is 13.1 Å². The van der Waals surface area contributed by atoms with E-state index in [1.807, 2.05) is 0 Å². The summed E-state index contributed by atoms with van der Waals surface area (Å²) in [5, 5.41) is 18.6. The van der Waals surface area contributed by atoms with Gasteiger partial charge in [0.2, 0.25) is 0 Å². The van der Waals surface area contributed by atoms with Crippen LogP contribution in [-0.4, -0.2) is 51.8 Å². The van der Waals surface area contributed by atoms with Crippen molar-refractivity contribution in [1.29, 1.82) is 0 Å². The third kappa shape index (κ3) is 4.37. The van der Waals surface area contributed by atoms with E-state index < -0.39 is 23.6 Å². The number of carbonyl (C=O) groups is 3. The molecule has 7 nitrogen and oxygen atoms in total. The van der Waals surface area contributed by atoms with Gasteiger partial charge < -0.3 is 19.8 Å². The Bertz CT molecular complexity index is 744. The van der Waals surface area contributed by atoms with E-state index in [0.717, 1.165) is 0 Å². The molecule has 7 heteroatoms. The van der Waals surface area contributed by atoms with Gasteiger partial charge in [0.05, 0.1) is 11.1 Å². The standard InChI is InChI=1S/C18H21NO6/c1-18(2,3)25-17(24)19-9-7-11(8-10-19)12-5-4-6-13(15(20)21)14(12)16(22)23/h4-7H,8-10H2,1-3H3,(H,20,21)(H,22,23). The van der Waals surface area contributed by atoms with Crippen LogP contribution in [0.4, 0.5) is 4.79 Å². The number of nitrogens with zero attached hydrogens (tertiary/aromatic N) is 1. The average molecular weight is 347 g/mol. The fourth-order valence-electron chi connectivity index (χ4n) is 2.63. The molecule has 0 aromatic heterocycles. The normalized spacial score (nSPS) is 14.7. The van der Waals surface area contributed by atoms with Gasteiger partial charge in [-0.3, -0.25) is 0 Å². The third-order valence-electron chi connectivity index (χ3n) is 3.72. The quantitative estimate of drug-likeness (QED) is 0.870. The summed E-state index contributed by atoms with van der Waals surface area (Å²) in [5.41, 5.74) is 0.0110. The highest BCUT2D eigenvalue weighted by Gasteiger charge is 2.26. The average Bonchev–Trinajstić information content (AvgIpc) is 2.52. The van der Waals surface area contributed by atoms with E-state index in [9.17, 15) is 24.6 Å². The molecule has 1 aliphatic heterocycles. The highest BCUT2D eigenvalue weighted by atomic mass is 16.6. The summed E-state index contributed by atoms with van der Waals surface area (Å²) in [6.45, 7) is 6.00. The van der Waals surface area contributed by atoms with E-state index in [2.05, 4.69) is 0 Å². The van der Waals surface area contributed by atoms with Crippen LogP contribution in [0.5, 0.6) is 0 Å². The number of carboxylic acid groups (broad SMARTS) is 2. The number of aromatic carboxylic acids is 2. The van der Waals surface area contributed by atoms with Crippen molar-refractivity contribution in [3.05, 3.63) is 41.0 Å². The van der Waals surface area contributed by atoms with E-state index in [0.29, 0.717) is 24.1 Å². The van der Waals surface area contributed by atoms with Crippen molar-refractivity contribution in [2.24, 2.45) is 0 Å². The molecule has 1 aliphatic rings. The predicted octanol–water partition coefficient (Wildman–Crippen LogP) is 3.11. The molecule has 1 aromatic carbocycles. The van der Waals surface area contributed by atoms with Crippen molar-refractivity contribution in [2.75, 3.05) is 13.1 Å². The van der Waals surface area contributed by atoms with E-state index in [1.54, 1.807) is 32.9 Å². The van der Waals surface area contributed by atoms with Gasteiger partial charge in [-0.15, -0.1) is 0 Å². The molecule has 0 atom stereocenters. The van der Waals surface area contributed by atoms with E-state index in [-0.39, 0.29) is 17.7 Å². The summed E-state index contributed by atoms with van der Waals surface area (Å²) in [5.74, 6) is -2.57. The zero-order valence-corrected chi connectivity index (χ0v) is 14.4. The van der Waals surface area contributed by atoms with Crippen LogP contribution in [0.15, 0.2) is 24.3 Å². The molecule has 0 aliphatic carbocycles. The maximum atomic E-state index is 12.1. The second-order valence-corrected chi connectivity index (χ2v) is 6.74. The molecule has 134 valence electrons. The van der Waals surface area contributed by atoms with Gasteiger partial charge in [-0.05, 0) is 44.4 Å². The molecular weight excluding hydrogens is 326 g/mol. The molecule has 0 saturated heterocycles. The molecule has 0 radical (unpaired) electrons. The Morgan fingerprint density at radius 2 is 1.80 bits per heavy atom. The largest absolute Gasteiger partial charge is 0.478 e. The van der Waals surface area contributed by atoms with Crippen molar-refractivity contribution in [3.8, 4) is 0 Å². The minimum Gasteiger partial charge on any atom is -0.478 e. The highest BCUT2D eigenvalue weighted by molar-refractivity contribution is 6.05. The maximum absolute atomic E-state index is 12.1. The number of hydrogen-bond acceptors (Lipinski definition) is 4. The van der Waals surface area contributed by atoms with Crippen LogP contribution in [0.1, 0.15) is 53.5 Å². The van der Waals surface area contributed by atoms with Gasteiger partial charge >= 0.3 is 18.0 Å². The Hall–Kier alpha value is -2.83. The second kappa shape index (κ2) is 6.96. The SMILES string of the molecule is CC(C)(C)OC(=O)N1CC=C(c2cccc(C(=O)O)c2C(=O)O)CC1. The molecule has 0 unspecified atom stereocenters. The minimum absolute atomic E-state index is 0.230. The third-order valence-corrected chi connectivity index (χ3v) is 3.72. The molecule has 2 rings (SSSR count). The van der Waals surface area contributed by atoms with Crippen LogP contribution < -0.4 is 0 Å². The molecule has 0 saturated carbocycles. The number of carbonyl (C=O) groups excluding carboxylic acids is 1. The maximum Gasteiger partial charge on any atom is 0.410 e. The first-order valence-corrected chi connectivity index (χ1v) is 7.87. The Morgan fingerprint density at radius 1 is 1.12 bits per heavy atom. The number of rotatable bonds is 3. The van der Waals surface area contributed by atoms with Crippen molar-refractivity contribution < 1.29 is 29.3 Å². The van der Waals surface area contributed by atoms with Gasteiger partial charge in [0.25, 0.3) is 0 Å². The molecule has 1 aromatic rings. The number of ether oxygens (including phenoxy) is 1. The van der Waals surface area contributed by atoms with E-state index in [4.69, 9.17) is 4.74 Å². The number of hydrogen-bond donors (Lipinski definition) is 2. The summed E-state index contributed by atoms with van der Waals surface area (Å²) < 4.78 is 5.32. The van der Waals surface area contributed by atoms with Crippen LogP contribution in [0, 0.1) is 0 Å². The van der Waals surface area contributed by atoms with Gasteiger partial charge in [0.15, 0.2) is 0 Å². The van der Waals surface area contributed by atoms with Gasteiger partial charge in [-0.25, -0.2) is 14.4 Å². The lowest BCUT2D eigenvalue weighted by molar-refractivity contribution is 0.0270. The molecular formula is C18H21NO6. The summed E-state index contributed by atoms with van der Waals surface area (Å²) in [7, 11) is 0. The van der Waals surface area contributed by atoms with Crippen molar-refractivity contribution in [2.45, 2.75) is 32.8 Å². The molecule has 0 spiro atoms. The van der Waals surface area contributed by atoms with E-state index in [1.165, 1.54) is 17.0 Å². The predicted molar refractivity (Wildman–Crippen MR) is 90.8 cm³/mol. The lowest BCUT2D eigenvalue weighted by Crippen LogP contribution is -2.39. The molecule has 2 N–H and O–H groups in total. The van der Waals surface area contributed by atoms with Crippen molar-refractivity contribution >= 4 is 23.6 Å². The minimum atomic E-state index is -1.29. The van der Waals surface area contributed by atoms with Gasteiger partial charge in [-0.2, -0.15) is 0 Å². The van der Waals surface area contributed by atoms with Crippen LogP contribution in [0.3, 0.4) is 0 Å². The van der Waals surface area contributed by atoms with Crippen molar-refractivity contribution in [1.82, 2.24) is 4.90 Å². The first kappa shape index (κ1) is 18.5. The molecule has 25 heavy (non-hydrogen) atoms. The smallest absolute Gasteiger partial charge is 0.410 e. The zero-order chi connectivity index (χ0) is 18.8. The highest BCUT2D eigenvalue weighted by Crippen LogP contribution is 2.28. The van der Waals surface area contributed by atoms with Crippen LogP contribution in [0.2, 0.25) is 0 Å². The Morgan fingerprint density at radius 3 is 2.28 bits per heavy atom. The summed E-state index contributed by atoms with van der Waals surface area (Å²) in [6, 6.07) is 4.38. The van der Waals surface area contributed by atoms with Crippen LogP contribution in [-0.2, 0) is 4.74 Å². The Labute approximate surface area is 145 Å². The molecule has 0 bridgehead atoms. The van der Waals surface area contributed by atoms with Gasteiger partial charge in [0.1, 0.15) is 5.60 Å². The first-order valence-electron chi connectivity index (χ1n) is 7.87. The topological polar surface area (TPSA) is 104 Å². The van der Waals surface area contributed by atoms with Crippen molar-refractivity contribution in [3.63, 3.8) is 0 Å². The Kier molecular flexibility index (Phi) is 5.15. The number of carboxylic acids is 2. The molecule has 1 heterocycles. The number of amides is 1. The summed E-state index contributed by atoms with van der Waals surface area (Å²) in [4.78, 5) is 36.4. The van der Waals surface area contributed by atoms with Crippen LogP contribution >= 0.6 is 0 Å². The second-order valence-electron chi connectivity index (χ2n) is 6.74. The zero-order valence-electron chi connectivity index (χ0n) is 14.4.